The number of hydrogen-bond donors (Lipinski definition) is 1. The molecule has 12 heteroatoms. The third-order valence-electron chi connectivity index (χ3n) is 6.37. The van der Waals surface area contributed by atoms with Crippen LogP contribution in [0.15, 0.2) is 67.0 Å². The number of piperazine rings is 1. The smallest absolute Gasteiger partial charge is 0.269 e. The summed E-state index contributed by atoms with van der Waals surface area (Å²) in [7, 11) is 3.21. The molecule has 1 fully saturated rings. The predicted molar refractivity (Wildman–Crippen MR) is 152 cm³/mol. The number of nitrogens with zero attached hydrogens (tertiary/aromatic N) is 5. The Balaban J connectivity index is 1.18. The lowest BCUT2D eigenvalue weighted by Crippen LogP contribution is -2.50. The Bertz CT molecular complexity index is 1490. The summed E-state index contributed by atoms with van der Waals surface area (Å²) in [6.45, 7) is 2.94. The van der Waals surface area contributed by atoms with Crippen LogP contribution in [0.1, 0.15) is 0 Å². The van der Waals surface area contributed by atoms with Gasteiger partial charge in [-0.2, -0.15) is 0 Å². The highest BCUT2D eigenvalue weighted by Crippen LogP contribution is 2.35. The Hall–Kier alpha value is -4.71. The molecule has 0 bridgehead atoms. The normalized spacial score (nSPS) is 13.2. The highest BCUT2D eigenvalue weighted by molar-refractivity contribution is 7.80. The average Bonchev–Trinajstić information content (AvgIpc) is 2.97. The van der Waals surface area contributed by atoms with E-state index in [0.717, 1.165) is 48.6 Å². The van der Waals surface area contributed by atoms with Gasteiger partial charge in [-0.1, -0.05) is 0 Å². The molecule has 1 aliphatic rings. The molecule has 0 atom stereocenters. The van der Waals surface area contributed by atoms with Gasteiger partial charge >= 0.3 is 0 Å². The van der Waals surface area contributed by atoms with Crippen molar-refractivity contribution in [3.8, 4) is 23.0 Å². The molecule has 0 amide bonds. The van der Waals surface area contributed by atoms with Crippen LogP contribution in [0.2, 0.25) is 0 Å². The van der Waals surface area contributed by atoms with Crippen LogP contribution in [-0.4, -0.2) is 65.3 Å². The first-order chi connectivity index (χ1) is 18.9. The summed E-state index contributed by atoms with van der Waals surface area (Å²) < 4.78 is 16.7. The molecular weight excluding hydrogens is 520 g/mol. The van der Waals surface area contributed by atoms with Crippen LogP contribution >= 0.6 is 12.2 Å². The van der Waals surface area contributed by atoms with E-state index in [1.165, 1.54) is 12.1 Å². The Kier molecular flexibility index (Phi) is 7.55. The van der Waals surface area contributed by atoms with Gasteiger partial charge in [0.25, 0.3) is 5.69 Å². The molecule has 0 unspecified atom stereocenters. The maximum absolute atomic E-state index is 10.8. The van der Waals surface area contributed by atoms with E-state index >= 15 is 0 Å². The number of fused-ring (bicyclic) bond motifs is 1. The van der Waals surface area contributed by atoms with Gasteiger partial charge in [0.2, 0.25) is 0 Å². The lowest BCUT2D eigenvalue weighted by atomic mass is 10.2. The van der Waals surface area contributed by atoms with Crippen molar-refractivity contribution in [2.75, 3.05) is 50.6 Å². The molecule has 2 heterocycles. The van der Waals surface area contributed by atoms with Gasteiger partial charge in [-0.05, 0) is 54.7 Å². The second-order valence-corrected chi connectivity index (χ2v) is 9.09. The molecule has 0 radical (unpaired) electrons. The second kappa shape index (κ2) is 11.4. The van der Waals surface area contributed by atoms with Crippen LogP contribution in [0, 0.1) is 10.1 Å². The summed E-state index contributed by atoms with van der Waals surface area (Å²) in [5.74, 6) is 3.24. The van der Waals surface area contributed by atoms with Crippen LogP contribution in [0.3, 0.4) is 0 Å². The first-order valence-electron chi connectivity index (χ1n) is 12.1. The first-order valence-corrected chi connectivity index (χ1v) is 12.6. The van der Waals surface area contributed by atoms with Crippen molar-refractivity contribution < 1.29 is 19.1 Å². The Morgan fingerprint density at radius 2 is 1.54 bits per heavy atom. The number of methoxy groups -OCH3 is 2. The zero-order chi connectivity index (χ0) is 27.4. The van der Waals surface area contributed by atoms with Crippen molar-refractivity contribution in [3.63, 3.8) is 0 Å². The minimum atomic E-state index is -0.444. The molecule has 0 aliphatic carbocycles. The summed E-state index contributed by atoms with van der Waals surface area (Å²) in [5, 5.41) is 15.6. The zero-order valence-corrected chi connectivity index (χ0v) is 22.2. The largest absolute Gasteiger partial charge is 0.493 e. The van der Waals surface area contributed by atoms with Crippen LogP contribution < -0.4 is 24.4 Å². The summed E-state index contributed by atoms with van der Waals surface area (Å²) in [6, 6.07) is 17.1. The topological polar surface area (TPSA) is 115 Å². The van der Waals surface area contributed by atoms with E-state index in [2.05, 4.69) is 25.1 Å². The minimum Gasteiger partial charge on any atom is -0.493 e. The third kappa shape index (κ3) is 5.75. The van der Waals surface area contributed by atoms with Crippen molar-refractivity contribution in [1.29, 1.82) is 0 Å². The van der Waals surface area contributed by atoms with Gasteiger partial charge in [0.05, 0.1) is 24.7 Å². The van der Waals surface area contributed by atoms with E-state index in [1.54, 1.807) is 32.7 Å². The second-order valence-electron chi connectivity index (χ2n) is 8.70. The molecule has 1 saturated heterocycles. The highest BCUT2D eigenvalue weighted by atomic mass is 32.1. The average molecular weight is 547 g/mol. The lowest BCUT2D eigenvalue weighted by molar-refractivity contribution is -0.384. The van der Waals surface area contributed by atoms with E-state index in [4.69, 9.17) is 26.4 Å². The number of aromatic nitrogens is 2. The number of nitro groups is 1. The Labute approximate surface area is 230 Å². The standard InChI is InChI=1S/C27H26N6O5S/c1-36-24-15-22-23(16-25(24)37-2)28-17-29-26(22)31-11-13-32(14-12-31)27(39)30-18-3-7-20(8-4-18)38-21-9-5-19(6-10-21)33(34)35/h3-10,15-17H,11-14H2,1-2H3,(H,30,39). The van der Waals surface area contributed by atoms with Crippen molar-refractivity contribution in [1.82, 2.24) is 14.9 Å². The molecule has 1 aromatic heterocycles. The fourth-order valence-corrected chi connectivity index (χ4v) is 4.62. The van der Waals surface area contributed by atoms with E-state index in [9.17, 15) is 10.1 Å². The Morgan fingerprint density at radius 1 is 0.923 bits per heavy atom. The van der Waals surface area contributed by atoms with Crippen molar-refractivity contribution >= 4 is 45.4 Å². The molecule has 0 saturated carbocycles. The summed E-state index contributed by atoms with van der Waals surface area (Å²) >= 11 is 5.67. The first kappa shape index (κ1) is 25.9. The van der Waals surface area contributed by atoms with Crippen LogP contribution in [0.4, 0.5) is 17.2 Å². The molecule has 200 valence electrons. The molecule has 11 nitrogen and oxygen atoms in total. The van der Waals surface area contributed by atoms with E-state index in [0.29, 0.717) is 28.1 Å². The maximum atomic E-state index is 10.8. The van der Waals surface area contributed by atoms with Gasteiger partial charge in [-0.3, -0.25) is 10.1 Å². The number of benzene rings is 3. The number of ether oxygens (including phenoxy) is 3. The molecule has 1 N–H and O–H groups in total. The molecule has 5 rings (SSSR count). The molecule has 3 aromatic carbocycles. The lowest BCUT2D eigenvalue weighted by Gasteiger charge is -2.37. The van der Waals surface area contributed by atoms with Gasteiger partial charge < -0.3 is 29.3 Å². The monoisotopic (exact) mass is 546 g/mol. The SMILES string of the molecule is COc1cc2ncnc(N3CCN(C(=S)Nc4ccc(Oc5ccc([N+](=O)[O-])cc5)cc4)CC3)c2cc1OC. The summed E-state index contributed by atoms with van der Waals surface area (Å²) in [6.07, 6.45) is 1.57. The van der Waals surface area contributed by atoms with Crippen LogP contribution in [-0.2, 0) is 0 Å². The molecule has 39 heavy (non-hydrogen) atoms. The van der Waals surface area contributed by atoms with Gasteiger partial charge in [-0.25, -0.2) is 9.97 Å². The van der Waals surface area contributed by atoms with E-state index in [-0.39, 0.29) is 5.69 Å². The van der Waals surface area contributed by atoms with Crippen LogP contribution in [0.5, 0.6) is 23.0 Å². The summed E-state index contributed by atoms with van der Waals surface area (Å²) in [5.41, 5.74) is 1.64. The number of rotatable bonds is 7. The van der Waals surface area contributed by atoms with E-state index in [1.807, 2.05) is 36.4 Å². The molecule has 0 spiro atoms. The van der Waals surface area contributed by atoms with Gasteiger partial charge in [-0.15, -0.1) is 0 Å². The minimum absolute atomic E-state index is 0.0162. The molecule has 1 aliphatic heterocycles. The highest BCUT2D eigenvalue weighted by Gasteiger charge is 2.22. The van der Waals surface area contributed by atoms with Gasteiger partial charge in [0.15, 0.2) is 16.6 Å². The maximum Gasteiger partial charge on any atom is 0.269 e. The summed E-state index contributed by atoms with van der Waals surface area (Å²) in [4.78, 5) is 23.7. The number of anilines is 2. The number of non-ortho nitro benzene ring substituents is 1. The number of thiocarbonyl (C=S) groups is 1. The van der Waals surface area contributed by atoms with Crippen molar-refractivity contribution in [2.24, 2.45) is 0 Å². The number of nitrogens with one attached hydrogen (secondary N) is 1. The Morgan fingerprint density at radius 3 is 2.15 bits per heavy atom. The molecular formula is C27H26N6O5S. The van der Waals surface area contributed by atoms with Crippen molar-refractivity contribution in [2.45, 2.75) is 0 Å². The van der Waals surface area contributed by atoms with Gasteiger partial charge in [0.1, 0.15) is 23.6 Å². The van der Waals surface area contributed by atoms with E-state index < -0.39 is 4.92 Å². The number of hydrogen-bond acceptors (Lipinski definition) is 9. The number of nitro benzene ring substituents is 1. The quantitative estimate of drug-likeness (QED) is 0.195. The predicted octanol–water partition coefficient (Wildman–Crippen LogP) is 4.87. The zero-order valence-electron chi connectivity index (χ0n) is 21.4. The third-order valence-corrected chi connectivity index (χ3v) is 6.74. The molecule has 4 aromatic rings. The fraction of sp³-hybridized carbons (Fsp3) is 0.222. The van der Waals surface area contributed by atoms with Crippen LogP contribution in [0.25, 0.3) is 10.9 Å². The van der Waals surface area contributed by atoms with Gasteiger partial charge in [0, 0.05) is 55.5 Å². The fourth-order valence-electron chi connectivity index (χ4n) is 4.32. The van der Waals surface area contributed by atoms with Crippen molar-refractivity contribution in [3.05, 3.63) is 77.1 Å².